The average Bonchev–Trinajstić information content (AvgIpc) is 3.01. The van der Waals surface area contributed by atoms with Gasteiger partial charge >= 0.3 is 12.0 Å². The molecule has 2 atom stereocenters. The summed E-state index contributed by atoms with van der Waals surface area (Å²) in [6.07, 6.45) is 0. The van der Waals surface area contributed by atoms with Crippen LogP contribution in [0.5, 0.6) is 0 Å². The lowest BCUT2D eigenvalue weighted by Crippen LogP contribution is -2.49. The highest BCUT2D eigenvalue weighted by atomic mass is 32.2. The van der Waals surface area contributed by atoms with E-state index < -0.39 is 62.7 Å². The van der Waals surface area contributed by atoms with Crippen LogP contribution >= 0.6 is 0 Å². The van der Waals surface area contributed by atoms with Crippen LogP contribution in [-0.2, 0) is 34.7 Å². The van der Waals surface area contributed by atoms with E-state index in [-0.39, 0.29) is 0 Å². The first-order valence-corrected chi connectivity index (χ1v) is 11.4. The number of sulfonamides is 1. The molecule has 1 aliphatic heterocycles. The van der Waals surface area contributed by atoms with Crippen molar-refractivity contribution in [2.75, 3.05) is 6.61 Å². The standard InChI is InChI=1S/C21H21FN4O7S/c1-13(25-34(31,32)16-11-7-6-10-15(16)22)18(28)33-12-17(27)24-26-19(29)21(2,23-20(26)30)14-8-4-3-5-9-14/h3-11,13,25H,12H2,1-2H3,(H,23,30)(H,24,27)/t13-,21?/m1/s1. The number of imide groups is 1. The van der Waals surface area contributed by atoms with E-state index in [9.17, 15) is 32.0 Å². The maximum absolute atomic E-state index is 13.8. The number of esters is 1. The van der Waals surface area contributed by atoms with Crippen LogP contribution in [0.2, 0.25) is 0 Å². The number of halogens is 1. The predicted molar refractivity (Wildman–Crippen MR) is 114 cm³/mol. The first kappa shape index (κ1) is 24.8. The van der Waals surface area contributed by atoms with Crippen LogP contribution in [0.15, 0.2) is 59.5 Å². The minimum atomic E-state index is -4.38. The van der Waals surface area contributed by atoms with Crippen LogP contribution < -0.4 is 15.5 Å². The number of amides is 4. The molecule has 0 bridgehead atoms. The zero-order valence-electron chi connectivity index (χ0n) is 18.1. The largest absolute Gasteiger partial charge is 0.454 e. The van der Waals surface area contributed by atoms with E-state index in [1.54, 1.807) is 30.3 Å². The Hall–Kier alpha value is -3.84. The molecular formula is C21H21FN4O7S. The summed E-state index contributed by atoms with van der Waals surface area (Å²) in [6, 6.07) is 10.6. The summed E-state index contributed by atoms with van der Waals surface area (Å²) in [7, 11) is -4.38. The molecular weight excluding hydrogens is 471 g/mol. The molecule has 1 saturated heterocycles. The Morgan fingerprint density at radius 2 is 1.74 bits per heavy atom. The van der Waals surface area contributed by atoms with Crippen LogP contribution in [0.3, 0.4) is 0 Å². The molecule has 34 heavy (non-hydrogen) atoms. The summed E-state index contributed by atoms with van der Waals surface area (Å²) in [5, 5.41) is 2.95. The molecule has 11 nitrogen and oxygen atoms in total. The summed E-state index contributed by atoms with van der Waals surface area (Å²) in [5.74, 6) is -3.92. The van der Waals surface area contributed by atoms with E-state index in [1.165, 1.54) is 19.1 Å². The lowest BCUT2D eigenvalue weighted by atomic mass is 9.92. The van der Waals surface area contributed by atoms with Crippen molar-refractivity contribution in [3.8, 4) is 0 Å². The highest BCUT2D eigenvalue weighted by Gasteiger charge is 2.50. The highest BCUT2D eigenvalue weighted by Crippen LogP contribution is 2.27. The summed E-state index contributed by atoms with van der Waals surface area (Å²) >= 11 is 0. The molecule has 0 spiro atoms. The fourth-order valence-corrected chi connectivity index (χ4v) is 4.40. The van der Waals surface area contributed by atoms with Crippen molar-refractivity contribution in [3.05, 3.63) is 66.0 Å². The fourth-order valence-electron chi connectivity index (χ4n) is 3.13. The van der Waals surface area contributed by atoms with E-state index in [4.69, 9.17) is 4.74 Å². The number of carbonyl (C=O) groups is 4. The van der Waals surface area contributed by atoms with Gasteiger partial charge in [0.05, 0.1) is 0 Å². The lowest BCUT2D eigenvalue weighted by molar-refractivity contribution is -0.151. The molecule has 1 heterocycles. The van der Waals surface area contributed by atoms with Crippen molar-refractivity contribution in [1.29, 1.82) is 0 Å². The Kier molecular flexibility index (Phi) is 6.98. The van der Waals surface area contributed by atoms with Crippen LogP contribution in [0.25, 0.3) is 0 Å². The van der Waals surface area contributed by atoms with Gasteiger partial charge in [0, 0.05) is 0 Å². The van der Waals surface area contributed by atoms with Gasteiger partial charge in [-0.3, -0.25) is 19.8 Å². The minimum Gasteiger partial charge on any atom is -0.454 e. The monoisotopic (exact) mass is 492 g/mol. The number of urea groups is 1. The Morgan fingerprint density at radius 1 is 1.12 bits per heavy atom. The molecule has 3 N–H and O–H groups in total. The van der Waals surface area contributed by atoms with Crippen molar-refractivity contribution in [3.63, 3.8) is 0 Å². The third-order valence-corrected chi connectivity index (χ3v) is 6.51. The SMILES string of the molecule is C[C@@H](NS(=O)(=O)c1ccccc1F)C(=O)OCC(=O)NN1C(=O)NC(C)(c2ccccc2)C1=O. The van der Waals surface area contributed by atoms with Crippen molar-refractivity contribution in [2.24, 2.45) is 0 Å². The Morgan fingerprint density at radius 3 is 2.38 bits per heavy atom. The van der Waals surface area contributed by atoms with Gasteiger partial charge in [-0.15, -0.1) is 0 Å². The molecule has 2 aromatic rings. The van der Waals surface area contributed by atoms with Crippen molar-refractivity contribution in [2.45, 2.75) is 30.3 Å². The van der Waals surface area contributed by atoms with Gasteiger partial charge in [-0.05, 0) is 31.5 Å². The second-order valence-electron chi connectivity index (χ2n) is 7.48. The molecule has 1 aliphatic rings. The van der Waals surface area contributed by atoms with E-state index in [0.29, 0.717) is 10.6 Å². The average molecular weight is 492 g/mol. The third kappa shape index (κ3) is 5.05. The summed E-state index contributed by atoms with van der Waals surface area (Å²) < 4.78 is 45.0. The van der Waals surface area contributed by atoms with Crippen LogP contribution in [0, 0.1) is 5.82 Å². The Bertz CT molecular complexity index is 1240. The van der Waals surface area contributed by atoms with Crippen LogP contribution in [0.4, 0.5) is 9.18 Å². The van der Waals surface area contributed by atoms with Gasteiger partial charge in [0.1, 0.15) is 22.3 Å². The highest BCUT2D eigenvalue weighted by molar-refractivity contribution is 7.89. The summed E-state index contributed by atoms with van der Waals surface area (Å²) in [5.41, 5.74) is 1.12. The molecule has 1 unspecified atom stereocenters. The quantitative estimate of drug-likeness (QED) is 0.359. The zero-order valence-corrected chi connectivity index (χ0v) is 18.9. The normalized spacial score (nSPS) is 18.9. The first-order valence-electron chi connectivity index (χ1n) is 9.91. The second-order valence-corrected chi connectivity index (χ2v) is 9.16. The van der Waals surface area contributed by atoms with Crippen molar-refractivity contribution < 1.29 is 36.7 Å². The van der Waals surface area contributed by atoms with Crippen LogP contribution in [0.1, 0.15) is 19.4 Å². The van der Waals surface area contributed by atoms with Gasteiger partial charge < -0.3 is 10.1 Å². The van der Waals surface area contributed by atoms with E-state index in [1.807, 2.05) is 10.1 Å². The fraction of sp³-hybridized carbons (Fsp3) is 0.238. The molecule has 2 aromatic carbocycles. The van der Waals surface area contributed by atoms with Gasteiger partial charge in [-0.1, -0.05) is 42.5 Å². The van der Waals surface area contributed by atoms with Gasteiger partial charge in [0.15, 0.2) is 6.61 Å². The van der Waals surface area contributed by atoms with Gasteiger partial charge in [0.25, 0.3) is 11.8 Å². The maximum Gasteiger partial charge on any atom is 0.344 e. The molecule has 0 aromatic heterocycles. The van der Waals surface area contributed by atoms with E-state index in [0.717, 1.165) is 19.1 Å². The first-order chi connectivity index (χ1) is 16.0. The number of benzene rings is 2. The third-order valence-electron chi connectivity index (χ3n) is 4.94. The minimum absolute atomic E-state index is 0.466. The number of rotatable bonds is 8. The van der Waals surface area contributed by atoms with Crippen molar-refractivity contribution >= 4 is 33.8 Å². The number of hydrogen-bond acceptors (Lipinski definition) is 7. The van der Waals surface area contributed by atoms with Crippen molar-refractivity contribution in [1.82, 2.24) is 20.5 Å². The topological polar surface area (TPSA) is 151 Å². The maximum atomic E-state index is 13.8. The molecule has 0 aliphatic carbocycles. The molecule has 13 heteroatoms. The van der Waals surface area contributed by atoms with Crippen LogP contribution in [-0.4, -0.2) is 49.9 Å². The molecule has 180 valence electrons. The number of ether oxygens (including phenoxy) is 1. The molecule has 0 saturated carbocycles. The van der Waals surface area contributed by atoms with Gasteiger partial charge in [-0.25, -0.2) is 17.6 Å². The number of hydrazine groups is 1. The Labute approximate surface area is 194 Å². The zero-order chi connectivity index (χ0) is 25.1. The number of carbonyl (C=O) groups excluding carboxylic acids is 4. The summed E-state index contributed by atoms with van der Waals surface area (Å²) in [4.78, 5) is 48.6. The summed E-state index contributed by atoms with van der Waals surface area (Å²) in [6.45, 7) is 1.70. The molecule has 4 amide bonds. The number of hydrogen-bond donors (Lipinski definition) is 3. The smallest absolute Gasteiger partial charge is 0.344 e. The Balaban J connectivity index is 1.56. The lowest BCUT2D eigenvalue weighted by Gasteiger charge is -2.22. The van der Waals surface area contributed by atoms with E-state index >= 15 is 0 Å². The molecule has 1 fully saturated rings. The molecule has 3 rings (SSSR count). The van der Waals surface area contributed by atoms with Gasteiger partial charge in [0.2, 0.25) is 10.0 Å². The molecule has 0 radical (unpaired) electrons. The second kappa shape index (κ2) is 9.57. The number of nitrogens with one attached hydrogen (secondary N) is 3. The van der Waals surface area contributed by atoms with E-state index in [2.05, 4.69) is 5.32 Å². The predicted octanol–water partition coefficient (Wildman–Crippen LogP) is 0.534. The number of nitrogens with zero attached hydrogens (tertiary/aromatic N) is 1. The van der Waals surface area contributed by atoms with Gasteiger partial charge in [-0.2, -0.15) is 9.73 Å².